The average molecular weight is 423 g/mol. The van der Waals surface area contributed by atoms with Crippen molar-refractivity contribution in [2.45, 2.75) is 12.8 Å². The van der Waals surface area contributed by atoms with Crippen molar-refractivity contribution in [3.05, 3.63) is 107 Å². The average Bonchev–Trinajstić information content (AvgIpc) is 2.74. The largest absolute Gasteiger partial charge is 0.206 e. The Morgan fingerprint density at radius 2 is 1.47 bits per heavy atom. The van der Waals surface area contributed by atoms with Gasteiger partial charge in [0.2, 0.25) is 0 Å². The van der Waals surface area contributed by atoms with E-state index in [0.717, 1.165) is 23.8 Å². The molecule has 0 saturated carbocycles. The molecule has 0 spiro atoms. The first-order chi connectivity index (χ1) is 14.5. The van der Waals surface area contributed by atoms with Crippen LogP contribution in [0.5, 0.6) is 0 Å². The van der Waals surface area contributed by atoms with E-state index in [2.05, 4.69) is 6.58 Å². The molecule has 0 unspecified atom stereocenters. The van der Waals surface area contributed by atoms with E-state index in [9.17, 15) is 8.78 Å². The fourth-order valence-corrected chi connectivity index (χ4v) is 3.69. The summed E-state index contributed by atoms with van der Waals surface area (Å²) in [5.74, 6) is -1.58. The third-order valence-electron chi connectivity index (χ3n) is 5.17. The SMILES string of the molecule is C=CCCc1ccc2c(F)c(-c3ccc(-c4ccc(Cl)c(F)c4)c(F)c3)ccc2c1. The van der Waals surface area contributed by atoms with Crippen molar-refractivity contribution in [3.63, 3.8) is 0 Å². The van der Waals surface area contributed by atoms with Gasteiger partial charge in [0.1, 0.15) is 17.5 Å². The van der Waals surface area contributed by atoms with E-state index in [1.54, 1.807) is 24.3 Å². The van der Waals surface area contributed by atoms with Gasteiger partial charge in [0.15, 0.2) is 0 Å². The van der Waals surface area contributed by atoms with Crippen LogP contribution < -0.4 is 0 Å². The summed E-state index contributed by atoms with van der Waals surface area (Å²) >= 11 is 5.70. The van der Waals surface area contributed by atoms with Crippen LogP contribution in [-0.4, -0.2) is 0 Å². The quantitative estimate of drug-likeness (QED) is 0.283. The van der Waals surface area contributed by atoms with Gasteiger partial charge in [-0.2, -0.15) is 0 Å². The second kappa shape index (κ2) is 8.37. The number of hydrogen-bond acceptors (Lipinski definition) is 0. The summed E-state index contributed by atoms with van der Waals surface area (Å²) in [6.45, 7) is 3.72. The summed E-state index contributed by atoms with van der Waals surface area (Å²) in [6, 6.07) is 17.6. The minimum Gasteiger partial charge on any atom is -0.206 e. The summed E-state index contributed by atoms with van der Waals surface area (Å²) in [7, 11) is 0. The lowest BCUT2D eigenvalue weighted by molar-refractivity contribution is 0.625. The Balaban J connectivity index is 1.73. The minimum absolute atomic E-state index is 0.0262. The van der Waals surface area contributed by atoms with E-state index in [0.29, 0.717) is 22.1 Å². The Kier molecular flexibility index (Phi) is 5.65. The predicted octanol–water partition coefficient (Wildman–Crippen LogP) is 8.36. The molecule has 30 heavy (non-hydrogen) atoms. The number of halogens is 4. The maximum Gasteiger partial charge on any atom is 0.142 e. The van der Waals surface area contributed by atoms with E-state index in [1.165, 1.54) is 24.3 Å². The van der Waals surface area contributed by atoms with Gasteiger partial charge in [-0.15, -0.1) is 6.58 Å². The molecule has 4 aromatic rings. The van der Waals surface area contributed by atoms with Gasteiger partial charge in [-0.05, 0) is 53.1 Å². The molecule has 0 fully saturated rings. The lowest BCUT2D eigenvalue weighted by Crippen LogP contribution is -1.92. The maximum atomic E-state index is 15.2. The van der Waals surface area contributed by atoms with Crippen molar-refractivity contribution in [2.75, 3.05) is 0 Å². The van der Waals surface area contributed by atoms with Crippen molar-refractivity contribution in [3.8, 4) is 22.3 Å². The summed E-state index contributed by atoms with van der Waals surface area (Å²) < 4.78 is 43.7. The Morgan fingerprint density at radius 3 is 2.20 bits per heavy atom. The second-order valence-electron chi connectivity index (χ2n) is 7.13. The molecule has 4 rings (SSSR count). The van der Waals surface area contributed by atoms with E-state index in [1.807, 2.05) is 24.3 Å². The smallest absolute Gasteiger partial charge is 0.142 e. The Labute approximate surface area is 178 Å². The molecule has 4 heteroatoms. The zero-order valence-corrected chi connectivity index (χ0v) is 16.8. The fraction of sp³-hybridized carbons (Fsp3) is 0.0769. The number of fused-ring (bicyclic) bond motifs is 1. The van der Waals surface area contributed by atoms with E-state index in [4.69, 9.17) is 11.6 Å². The van der Waals surface area contributed by atoms with Crippen molar-refractivity contribution in [2.24, 2.45) is 0 Å². The number of allylic oxidation sites excluding steroid dienone is 1. The Bertz CT molecular complexity index is 1260. The van der Waals surface area contributed by atoms with Crippen LogP contribution in [0.1, 0.15) is 12.0 Å². The first-order valence-electron chi connectivity index (χ1n) is 9.55. The third kappa shape index (κ3) is 3.86. The molecule has 0 aromatic heterocycles. The van der Waals surface area contributed by atoms with Crippen LogP contribution in [0, 0.1) is 17.5 Å². The summed E-state index contributed by atoms with van der Waals surface area (Å²) in [4.78, 5) is 0. The molecule has 0 bridgehead atoms. The van der Waals surface area contributed by atoms with Gasteiger partial charge in [-0.25, -0.2) is 13.2 Å². The summed E-state index contributed by atoms with van der Waals surface area (Å²) in [5.41, 5.74) is 2.43. The lowest BCUT2D eigenvalue weighted by Gasteiger charge is -2.11. The molecule has 0 nitrogen and oxygen atoms in total. The highest BCUT2D eigenvalue weighted by atomic mass is 35.5. The highest BCUT2D eigenvalue weighted by molar-refractivity contribution is 6.30. The van der Waals surface area contributed by atoms with Crippen LogP contribution >= 0.6 is 11.6 Å². The first kappa shape index (κ1) is 20.2. The van der Waals surface area contributed by atoms with Crippen LogP contribution in [-0.2, 0) is 6.42 Å². The van der Waals surface area contributed by atoms with E-state index in [-0.39, 0.29) is 10.6 Å². The molecule has 0 radical (unpaired) electrons. The van der Waals surface area contributed by atoms with E-state index < -0.39 is 17.5 Å². The molecular formula is C26H18ClF3. The number of hydrogen-bond donors (Lipinski definition) is 0. The molecule has 4 aromatic carbocycles. The van der Waals surface area contributed by atoms with Crippen LogP contribution in [0.2, 0.25) is 5.02 Å². The topological polar surface area (TPSA) is 0 Å². The summed E-state index contributed by atoms with van der Waals surface area (Å²) in [6.07, 6.45) is 3.56. The standard InChI is InChI=1S/C26H18ClF3/c1-2-3-4-16-5-9-21-17(13-16)7-11-22(26(21)30)19-6-10-20(24(28)14-19)18-8-12-23(27)25(29)15-18/h2,5-15H,1,3-4H2. The fourth-order valence-electron chi connectivity index (χ4n) is 3.57. The van der Waals surface area contributed by atoms with Crippen LogP contribution in [0.4, 0.5) is 13.2 Å². The van der Waals surface area contributed by atoms with Crippen molar-refractivity contribution in [1.82, 2.24) is 0 Å². The lowest BCUT2D eigenvalue weighted by atomic mass is 9.96. The highest BCUT2D eigenvalue weighted by Crippen LogP contribution is 2.33. The number of benzene rings is 4. The van der Waals surface area contributed by atoms with Gasteiger partial charge in [0.25, 0.3) is 0 Å². The molecule has 0 aliphatic carbocycles. The van der Waals surface area contributed by atoms with Crippen LogP contribution in [0.15, 0.2) is 79.4 Å². The second-order valence-corrected chi connectivity index (χ2v) is 7.54. The molecule has 0 aliphatic rings. The van der Waals surface area contributed by atoms with Gasteiger partial charge >= 0.3 is 0 Å². The third-order valence-corrected chi connectivity index (χ3v) is 5.47. The Morgan fingerprint density at radius 1 is 0.767 bits per heavy atom. The summed E-state index contributed by atoms with van der Waals surface area (Å²) in [5, 5.41) is 1.26. The van der Waals surface area contributed by atoms with Gasteiger partial charge in [0, 0.05) is 16.5 Å². The number of rotatable bonds is 5. The van der Waals surface area contributed by atoms with Crippen LogP contribution in [0.3, 0.4) is 0 Å². The molecule has 0 amide bonds. The van der Waals surface area contributed by atoms with Gasteiger partial charge < -0.3 is 0 Å². The van der Waals surface area contributed by atoms with Gasteiger partial charge in [0.05, 0.1) is 5.02 Å². The molecule has 0 heterocycles. The normalized spacial score (nSPS) is 11.1. The van der Waals surface area contributed by atoms with Gasteiger partial charge in [-0.1, -0.05) is 66.2 Å². The molecular weight excluding hydrogens is 405 g/mol. The predicted molar refractivity (Wildman–Crippen MR) is 118 cm³/mol. The minimum atomic E-state index is -0.620. The van der Waals surface area contributed by atoms with E-state index >= 15 is 4.39 Å². The maximum absolute atomic E-state index is 15.2. The zero-order chi connectivity index (χ0) is 21.3. The molecule has 0 atom stereocenters. The molecule has 0 saturated heterocycles. The van der Waals surface area contributed by atoms with Crippen LogP contribution in [0.25, 0.3) is 33.0 Å². The number of aryl methyl sites for hydroxylation is 1. The zero-order valence-electron chi connectivity index (χ0n) is 16.1. The Hall–Kier alpha value is -3.04. The van der Waals surface area contributed by atoms with Gasteiger partial charge in [-0.3, -0.25) is 0 Å². The molecule has 0 aliphatic heterocycles. The van der Waals surface area contributed by atoms with Crippen molar-refractivity contribution in [1.29, 1.82) is 0 Å². The van der Waals surface area contributed by atoms with Crippen molar-refractivity contribution < 1.29 is 13.2 Å². The monoisotopic (exact) mass is 422 g/mol. The first-order valence-corrected chi connectivity index (χ1v) is 9.93. The van der Waals surface area contributed by atoms with Crippen molar-refractivity contribution >= 4 is 22.4 Å². The molecule has 150 valence electrons. The molecule has 0 N–H and O–H groups in total. The highest BCUT2D eigenvalue weighted by Gasteiger charge is 2.14.